The number of amides is 2. The Morgan fingerprint density at radius 1 is 0.390 bits per heavy atom. The van der Waals surface area contributed by atoms with E-state index in [4.69, 9.17) is 13.1 Å². The number of carbonyl (C=O) groups excluding carboxylic acids is 2. The minimum atomic E-state index is 0.0399. The van der Waals surface area contributed by atoms with Gasteiger partial charge in [0.1, 0.15) is 0 Å². The molecule has 0 aliphatic carbocycles. The Labute approximate surface area is 609 Å². The number of anilines is 2. The van der Waals surface area contributed by atoms with Gasteiger partial charge in [0.05, 0.1) is 47.8 Å². The van der Waals surface area contributed by atoms with Gasteiger partial charge in [-0.05, 0) is 84.1 Å². The van der Waals surface area contributed by atoms with Gasteiger partial charge in [0.25, 0.3) is 23.2 Å². The molecule has 10 heteroatoms. The largest absolute Gasteiger partial charge is 0.307 e. The molecule has 0 saturated carbocycles. The number of fused-ring (bicyclic) bond motifs is 5. The van der Waals surface area contributed by atoms with Crippen molar-refractivity contribution in [2.45, 2.75) is 285 Å². The topological polar surface area (TPSA) is 96.9 Å². The van der Waals surface area contributed by atoms with Crippen molar-refractivity contribution in [3.63, 3.8) is 0 Å². The van der Waals surface area contributed by atoms with Crippen LogP contribution in [0.25, 0.3) is 55.2 Å². The third-order valence-corrected chi connectivity index (χ3v) is 23.1. The smallest absolute Gasteiger partial charge is 0.278 e. The maximum Gasteiger partial charge on any atom is 0.278 e. The fourth-order valence-electron chi connectivity index (χ4n) is 15.3. The molecule has 2 aliphatic heterocycles. The third kappa shape index (κ3) is 23.4. The Morgan fingerprint density at radius 2 is 0.670 bits per heavy atom. The van der Waals surface area contributed by atoms with E-state index in [1.807, 2.05) is 36.4 Å². The molecule has 2 atom stereocenters. The third-order valence-electron chi connectivity index (χ3n) is 21.1. The number of nitriles is 2. The minimum absolute atomic E-state index is 0.0399. The standard InChI is InChI=1S/C90H116N6O2S2/c1-7-11-15-19-23-27-29-33-37-41-45-71(43-39-35-31-25-21-17-13-9-3)67-95-87-77-57-60-80-86(74-53-49-70(50-54-74)64-76-56-62-84(100-76)82(66-92)94-6)90(98)96(68-72(44-40-36-32-26-22-18-14-10-4)46-42-38-34-30-28-24-20-16-12-8-2)88(80)78(77)58-59-79(87)85(89(95)97)73-51-47-69(48-52-73)63-75-55-61-83(99-75)81(65-91)93-5/h47-64,71-72H,7-46,67-68H2,1-4H3/b75-63+,76-64+,83-81-,84-82+. The second-order valence-electron chi connectivity index (χ2n) is 28.9. The summed E-state index contributed by atoms with van der Waals surface area (Å²) in [4.78, 5) is 43.2. The van der Waals surface area contributed by atoms with Crippen molar-refractivity contribution in [2.24, 2.45) is 11.8 Å². The zero-order chi connectivity index (χ0) is 70.5. The highest BCUT2D eigenvalue weighted by molar-refractivity contribution is 7.08. The molecular formula is C90H116N6O2S2. The van der Waals surface area contributed by atoms with Crippen LogP contribution in [0.5, 0.6) is 0 Å². The van der Waals surface area contributed by atoms with Crippen LogP contribution in [0.15, 0.2) is 97.1 Å². The number of nitrogens with zero attached hydrogens (tertiary/aromatic N) is 6. The molecule has 2 amide bonds. The maximum atomic E-state index is 16.0. The lowest BCUT2D eigenvalue weighted by molar-refractivity contribution is -0.114. The Balaban J connectivity index is 1.21. The van der Waals surface area contributed by atoms with E-state index in [0.717, 1.165) is 115 Å². The molecule has 0 saturated heterocycles. The van der Waals surface area contributed by atoms with Crippen LogP contribution in [0.2, 0.25) is 0 Å². The molecule has 2 unspecified atom stereocenters. The van der Waals surface area contributed by atoms with Gasteiger partial charge in [-0.15, -0.1) is 22.7 Å². The quantitative estimate of drug-likeness (QED) is 0.0281. The predicted molar refractivity (Wildman–Crippen MR) is 426 cm³/mol. The van der Waals surface area contributed by atoms with Crippen LogP contribution >= 0.6 is 22.7 Å². The van der Waals surface area contributed by atoms with Gasteiger partial charge in [0.15, 0.2) is 0 Å². The van der Waals surface area contributed by atoms with Crippen LogP contribution in [0.1, 0.15) is 307 Å². The predicted octanol–water partition coefficient (Wildman–Crippen LogP) is 21.7. The summed E-state index contributed by atoms with van der Waals surface area (Å²) in [5.74, 6) is 0.745. The molecule has 530 valence electrons. The summed E-state index contributed by atoms with van der Waals surface area (Å²) in [5.41, 5.74) is 7.23. The van der Waals surface area contributed by atoms with E-state index < -0.39 is 0 Å². The van der Waals surface area contributed by atoms with Crippen LogP contribution in [0.4, 0.5) is 11.4 Å². The van der Waals surface area contributed by atoms with E-state index in [-0.39, 0.29) is 23.2 Å². The van der Waals surface area contributed by atoms with E-state index in [0.29, 0.717) is 45.1 Å². The zero-order valence-corrected chi connectivity index (χ0v) is 63.2. The molecule has 100 heavy (non-hydrogen) atoms. The number of hydrogen-bond acceptors (Lipinski definition) is 6. The average Bonchev–Trinajstić information content (AvgIpc) is 1.55. The van der Waals surface area contributed by atoms with Crippen LogP contribution in [0, 0.1) is 47.6 Å². The summed E-state index contributed by atoms with van der Waals surface area (Å²) in [7, 11) is 0. The summed E-state index contributed by atoms with van der Waals surface area (Å²) in [5, 5.41) is 23.1. The van der Waals surface area contributed by atoms with E-state index in [1.54, 1.807) is 0 Å². The number of thiophene rings is 2. The van der Waals surface area contributed by atoms with Crippen molar-refractivity contribution in [1.82, 2.24) is 0 Å². The summed E-state index contributed by atoms with van der Waals surface area (Å²) in [6, 6.07) is 37.2. The highest BCUT2D eigenvalue weighted by atomic mass is 32.1. The first kappa shape index (κ1) is 78.4. The molecule has 0 N–H and O–H groups in total. The van der Waals surface area contributed by atoms with E-state index in [1.165, 1.54) is 228 Å². The van der Waals surface area contributed by atoms with Gasteiger partial charge in [0.2, 0.25) is 0 Å². The first-order valence-electron chi connectivity index (χ1n) is 39.6. The van der Waals surface area contributed by atoms with Gasteiger partial charge in [0, 0.05) is 52.4 Å². The normalized spacial score (nSPS) is 14.4. The summed E-state index contributed by atoms with van der Waals surface area (Å²) in [6.45, 7) is 25.5. The summed E-state index contributed by atoms with van der Waals surface area (Å²) in [6.07, 6.45) is 54.6. The molecule has 4 heterocycles. The monoisotopic (exact) mass is 1380 g/mol. The fourth-order valence-corrected chi connectivity index (χ4v) is 17.1. The van der Waals surface area contributed by atoms with Gasteiger partial charge >= 0.3 is 0 Å². The highest BCUT2D eigenvalue weighted by Gasteiger charge is 2.37. The fraction of sp³-hybridized carbons (Fsp3) is 0.533. The second kappa shape index (κ2) is 44.1. The van der Waals surface area contributed by atoms with Gasteiger partial charge in [-0.1, -0.05) is 344 Å². The first-order chi connectivity index (χ1) is 49.2. The van der Waals surface area contributed by atoms with Gasteiger partial charge < -0.3 is 9.80 Å². The molecule has 8 nitrogen and oxygen atoms in total. The Morgan fingerprint density at radius 3 is 0.940 bits per heavy atom. The van der Waals surface area contributed by atoms with E-state index >= 15 is 9.59 Å². The van der Waals surface area contributed by atoms with Crippen molar-refractivity contribution in [2.75, 3.05) is 22.9 Å². The SMILES string of the molecule is [C-]#[N+]/C(C#N)=c1/cc/c(=C\c2ccc(C3=c4ccc5c6c(ccc5c4N(CC(CCCCCCCCCC)CCCCCCCCCCCC)C3=O)=C(c3ccc(/C=c4\cc/c(=C(/C#N)[N+]#[C-])s4)cc3)C(=O)N6CC(CCCCCCCCCC)CCCCCCCCCCCC)cc2)s1. The lowest BCUT2D eigenvalue weighted by atomic mass is 9.92. The highest BCUT2D eigenvalue weighted by Crippen LogP contribution is 2.40. The zero-order valence-electron chi connectivity index (χ0n) is 61.6. The van der Waals surface area contributed by atoms with E-state index in [9.17, 15) is 10.5 Å². The molecule has 6 aromatic rings. The van der Waals surface area contributed by atoms with Crippen LogP contribution in [-0.2, 0) is 9.59 Å². The van der Waals surface area contributed by atoms with Crippen molar-refractivity contribution < 1.29 is 9.59 Å². The van der Waals surface area contributed by atoms with Crippen LogP contribution in [0.3, 0.4) is 0 Å². The molecule has 0 radical (unpaired) electrons. The number of unbranched alkanes of at least 4 members (excludes halogenated alkanes) is 32. The first-order valence-corrected chi connectivity index (χ1v) is 41.2. The van der Waals surface area contributed by atoms with Gasteiger partial charge in [-0.25, -0.2) is 20.2 Å². The van der Waals surface area contributed by atoms with Crippen molar-refractivity contribution in [3.05, 3.63) is 171 Å². The van der Waals surface area contributed by atoms with Crippen LogP contribution in [-0.4, -0.2) is 24.9 Å². The summed E-state index contributed by atoms with van der Waals surface area (Å²) < 4.78 is 3.21. The number of carbonyl (C=O) groups is 2. The second-order valence-corrected chi connectivity index (χ2v) is 31.1. The average molecular weight is 1380 g/mol. The van der Waals surface area contributed by atoms with Crippen molar-refractivity contribution >= 4 is 91.3 Å². The molecular weight excluding hydrogens is 1260 g/mol. The molecule has 2 aromatic heterocycles. The lowest BCUT2D eigenvalue weighted by Crippen LogP contribution is -2.34. The number of hydrogen-bond donors (Lipinski definition) is 0. The maximum absolute atomic E-state index is 16.0. The molecule has 8 rings (SSSR count). The minimum Gasteiger partial charge on any atom is -0.307 e. The molecule has 0 spiro atoms. The van der Waals surface area contributed by atoms with Crippen molar-refractivity contribution in [1.29, 1.82) is 10.5 Å². The molecule has 0 bridgehead atoms. The van der Waals surface area contributed by atoms with Gasteiger partial charge in [-0.2, -0.15) is 0 Å². The Bertz CT molecular complexity index is 3830. The lowest BCUT2D eigenvalue weighted by Gasteiger charge is -2.28. The van der Waals surface area contributed by atoms with Crippen molar-refractivity contribution in [3.8, 4) is 12.1 Å². The molecule has 0 fully saturated rings. The number of benzene rings is 4. The Hall–Kier alpha value is -7.34. The van der Waals surface area contributed by atoms with Crippen LogP contribution < -0.4 is 38.4 Å². The number of rotatable bonds is 48. The Kier molecular flexibility index (Phi) is 34.6. The van der Waals surface area contributed by atoms with E-state index in [2.05, 4.69) is 132 Å². The molecule has 4 aromatic carbocycles. The summed E-state index contributed by atoms with van der Waals surface area (Å²) >= 11 is 2.86. The molecule has 2 aliphatic rings. The van der Waals surface area contributed by atoms with Gasteiger partial charge in [-0.3, -0.25) is 9.59 Å².